The summed E-state index contributed by atoms with van der Waals surface area (Å²) in [5.74, 6) is 0.611. The molecule has 0 radical (unpaired) electrons. The summed E-state index contributed by atoms with van der Waals surface area (Å²) in [6, 6.07) is 15.7. The predicted octanol–water partition coefficient (Wildman–Crippen LogP) is 5.05. The second kappa shape index (κ2) is 6.98. The Labute approximate surface area is 144 Å². The van der Waals surface area contributed by atoms with Crippen molar-refractivity contribution in [3.8, 4) is 0 Å². The fraction of sp³-hybridized carbons (Fsp3) is 0.400. The van der Waals surface area contributed by atoms with Gasteiger partial charge in [0.15, 0.2) is 0 Å². The van der Waals surface area contributed by atoms with Crippen LogP contribution in [0.25, 0.3) is 0 Å². The van der Waals surface area contributed by atoms with Crippen LogP contribution < -0.4 is 4.90 Å². The Balaban J connectivity index is 1.97. The van der Waals surface area contributed by atoms with E-state index in [1.54, 1.807) is 0 Å². The fourth-order valence-electron chi connectivity index (χ4n) is 3.29. The van der Waals surface area contributed by atoms with Gasteiger partial charge in [-0.2, -0.15) is 0 Å². The first kappa shape index (κ1) is 16.4. The lowest BCUT2D eigenvalue weighted by Crippen LogP contribution is -2.31. The van der Waals surface area contributed by atoms with Gasteiger partial charge in [0.05, 0.1) is 11.4 Å². The van der Waals surface area contributed by atoms with E-state index in [0.717, 1.165) is 19.5 Å². The van der Waals surface area contributed by atoms with Crippen LogP contribution in [0.15, 0.2) is 52.3 Å². The largest absolute Gasteiger partial charge is 0.339 e. The van der Waals surface area contributed by atoms with Crippen molar-refractivity contribution in [1.29, 1.82) is 0 Å². The van der Waals surface area contributed by atoms with E-state index in [0.29, 0.717) is 5.92 Å². The molecule has 0 aliphatic carbocycles. The zero-order valence-electron chi connectivity index (χ0n) is 14.5. The molecule has 2 aromatic carbocycles. The highest BCUT2D eigenvalue weighted by Crippen LogP contribution is 2.48. The molecule has 0 saturated heterocycles. The highest BCUT2D eigenvalue weighted by Gasteiger charge is 2.24. The van der Waals surface area contributed by atoms with Crippen LogP contribution in [0.2, 0.25) is 0 Å². The second-order valence-corrected chi connectivity index (χ2v) is 7.79. The van der Waals surface area contributed by atoms with Crippen LogP contribution in [0, 0.1) is 5.92 Å². The van der Waals surface area contributed by atoms with Crippen molar-refractivity contribution in [3.05, 3.63) is 48.0 Å². The molecule has 1 aliphatic heterocycles. The maximum atomic E-state index is 2.51. The molecule has 1 unspecified atom stereocenters. The number of rotatable bonds is 5. The molecular weight excluding hydrogens is 300 g/mol. The summed E-state index contributed by atoms with van der Waals surface area (Å²) >= 11 is 1.90. The number of hydrogen-bond donors (Lipinski definition) is 0. The Morgan fingerprint density at radius 3 is 2.52 bits per heavy atom. The quantitative estimate of drug-likeness (QED) is 0.759. The molecule has 0 amide bonds. The number of fused-ring (bicyclic) bond motifs is 2. The van der Waals surface area contributed by atoms with E-state index in [-0.39, 0.29) is 0 Å². The smallest absolute Gasteiger partial charge is 0.0553 e. The summed E-state index contributed by atoms with van der Waals surface area (Å²) in [4.78, 5) is 7.54. The third kappa shape index (κ3) is 3.56. The number of aryl methyl sites for hydroxylation is 1. The topological polar surface area (TPSA) is 6.48 Å². The molecule has 0 saturated carbocycles. The molecule has 0 aromatic heterocycles. The molecule has 1 aliphatic rings. The van der Waals surface area contributed by atoms with Gasteiger partial charge < -0.3 is 9.80 Å². The molecule has 3 heteroatoms. The number of nitrogens with zero attached hydrogens (tertiary/aromatic N) is 2. The summed E-state index contributed by atoms with van der Waals surface area (Å²) < 4.78 is 0. The van der Waals surface area contributed by atoms with E-state index in [1.807, 2.05) is 11.8 Å². The summed E-state index contributed by atoms with van der Waals surface area (Å²) in [5.41, 5.74) is 4.12. The van der Waals surface area contributed by atoms with E-state index >= 15 is 0 Å². The maximum Gasteiger partial charge on any atom is 0.0553 e. The van der Waals surface area contributed by atoms with E-state index in [4.69, 9.17) is 0 Å². The van der Waals surface area contributed by atoms with Crippen molar-refractivity contribution >= 4 is 23.1 Å². The first-order chi connectivity index (χ1) is 11.1. The second-order valence-electron chi connectivity index (χ2n) is 6.70. The highest BCUT2D eigenvalue weighted by atomic mass is 32.2. The van der Waals surface area contributed by atoms with Gasteiger partial charge in [0.1, 0.15) is 0 Å². The monoisotopic (exact) mass is 326 g/mol. The van der Waals surface area contributed by atoms with Gasteiger partial charge in [0, 0.05) is 22.9 Å². The molecule has 0 N–H and O–H groups in total. The Morgan fingerprint density at radius 1 is 1.04 bits per heavy atom. The highest BCUT2D eigenvalue weighted by molar-refractivity contribution is 7.99. The van der Waals surface area contributed by atoms with Crippen molar-refractivity contribution in [2.24, 2.45) is 5.92 Å². The predicted molar refractivity (Wildman–Crippen MR) is 101 cm³/mol. The van der Waals surface area contributed by atoms with Gasteiger partial charge in [-0.25, -0.2) is 0 Å². The average Bonchev–Trinajstić information content (AvgIpc) is 2.53. The molecule has 3 rings (SSSR count). The zero-order chi connectivity index (χ0) is 16.4. The molecule has 2 aromatic rings. The fourth-order valence-corrected chi connectivity index (χ4v) is 4.45. The van der Waals surface area contributed by atoms with Gasteiger partial charge in [0.2, 0.25) is 0 Å². The first-order valence-electron chi connectivity index (χ1n) is 8.40. The lowest BCUT2D eigenvalue weighted by atomic mass is 10.1. The van der Waals surface area contributed by atoms with Crippen molar-refractivity contribution < 1.29 is 0 Å². The molecule has 0 spiro atoms. The molecule has 122 valence electrons. The average molecular weight is 327 g/mol. The van der Waals surface area contributed by atoms with E-state index in [1.165, 1.54) is 26.7 Å². The normalized spacial score (nSPS) is 14.6. The SMILES string of the molecule is CCc1ccc2c(c1)Sc1ccccc1N2CC(C)CN(C)C. The lowest BCUT2D eigenvalue weighted by Gasteiger charge is -2.35. The van der Waals surface area contributed by atoms with Gasteiger partial charge in [0.25, 0.3) is 0 Å². The van der Waals surface area contributed by atoms with Gasteiger partial charge in [-0.05, 0) is 56.3 Å². The summed E-state index contributed by atoms with van der Waals surface area (Å²) in [7, 11) is 4.30. The first-order valence-corrected chi connectivity index (χ1v) is 9.22. The van der Waals surface area contributed by atoms with Crippen LogP contribution in [0.5, 0.6) is 0 Å². The third-order valence-corrected chi connectivity index (χ3v) is 5.38. The van der Waals surface area contributed by atoms with E-state index < -0.39 is 0 Å². The third-order valence-electron chi connectivity index (χ3n) is 4.27. The van der Waals surface area contributed by atoms with Crippen molar-refractivity contribution in [1.82, 2.24) is 4.90 Å². The van der Waals surface area contributed by atoms with Crippen LogP contribution in [0.1, 0.15) is 19.4 Å². The van der Waals surface area contributed by atoms with Crippen LogP contribution in [0.3, 0.4) is 0 Å². The molecule has 0 bridgehead atoms. The molecule has 23 heavy (non-hydrogen) atoms. The Morgan fingerprint density at radius 2 is 1.78 bits per heavy atom. The lowest BCUT2D eigenvalue weighted by molar-refractivity contribution is 0.343. The van der Waals surface area contributed by atoms with Crippen molar-refractivity contribution in [2.45, 2.75) is 30.1 Å². The summed E-state index contributed by atoms with van der Waals surface area (Å²) in [5, 5.41) is 0. The van der Waals surface area contributed by atoms with Gasteiger partial charge in [-0.15, -0.1) is 0 Å². The summed E-state index contributed by atoms with van der Waals surface area (Å²) in [6.07, 6.45) is 1.09. The zero-order valence-corrected chi connectivity index (χ0v) is 15.4. The summed E-state index contributed by atoms with van der Waals surface area (Å²) in [6.45, 7) is 6.72. The molecule has 1 atom stereocenters. The molecule has 2 nitrogen and oxygen atoms in total. The number of benzene rings is 2. The van der Waals surface area contributed by atoms with E-state index in [2.05, 4.69) is 80.2 Å². The Hall–Kier alpha value is -1.45. The van der Waals surface area contributed by atoms with Gasteiger partial charge in [-0.1, -0.05) is 43.8 Å². The van der Waals surface area contributed by atoms with E-state index in [9.17, 15) is 0 Å². The minimum Gasteiger partial charge on any atom is -0.339 e. The Kier molecular flexibility index (Phi) is 4.98. The Bertz CT molecular complexity index is 681. The minimum absolute atomic E-state index is 0.611. The van der Waals surface area contributed by atoms with Crippen LogP contribution in [-0.2, 0) is 6.42 Å². The van der Waals surface area contributed by atoms with Gasteiger partial charge in [-0.3, -0.25) is 0 Å². The standard InChI is InChI=1S/C20H26N2S/c1-5-16-10-11-18-20(12-16)23-19-9-7-6-8-17(19)22(18)14-15(2)13-21(3)4/h6-12,15H,5,13-14H2,1-4H3. The maximum absolute atomic E-state index is 2.51. The number of para-hydroxylation sites is 1. The van der Waals surface area contributed by atoms with Gasteiger partial charge >= 0.3 is 0 Å². The molecule has 0 fully saturated rings. The molecular formula is C20H26N2S. The molecule has 1 heterocycles. The van der Waals surface area contributed by atoms with Crippen molar-refractivity contribution in [2.75, 3.05) is 32.1 Å². The minimum atomic E-state index is 0.611. The van der Waals surface area contributed by atoms with Crippen molar-refractivity contribution in [3.63, 3.8) is 0 Å². The number of anilines is 2. The van der Waals surface area contributed by atoms with Crippen LogP contribution >= 0.6 is 11.8 Å². The number of hydrogen-bond acceptors (Lipinski definition) is 3. The van der Waals surface area contributed by atoms with Crippen LogP contribution in [0.4, 0.5) is 11.4 Å². The van der Waals surface area contributed by atoms with Crippen LogP contribution in [-0.4, -0.2) is 32.1 Å².